The highest BCUT2D eigenvalue weighted by atomic mass is 16.7. The minimum absolute atomic E-state index is 0.00239. The molecular formula is C43H84N2O8. The van der Waals surface area contributed by atoms with Crippen LogP contribution >= 0.6 is 0 Å². The number of amides is 2. The van der Waals surface area contributed by atoms with Crippen molar-refractivity contribution in [2.24, 2.45) is 0 Å². The predicted octanol–water partition coefficient (Wildman–Crippen LogP) is 8.68. The first-order valence-corrected chi connectivity index (χ1v) is 22.2. The van der Waals surface area contributed by atoms with E-state index in [-0.39, 0.29) is 25.0 Å². The molecule has 5 atom stereocenters. The van der Waals surface area contributed by atoms with Gasteiger partial charge in [-0.25, -0.2) is 0 Å². The van der Waals surface area contributed by atoms with Gasteiger partial charge in [-0.1, -0.05) is 168 Å². The van der Waals surface area contributed by atoms with Gasteiger partial charge in [0.15, 0.2) is 6.29 Å². The van der Waals surface area contributed by atoms with Gasteiger partial charge in [0, 0.05) is 33.0 Å². The summed E-state index contributed by atoms with van der Waals surface area (Å²) >= 11 is 0. The van der Waals surface area contributed by atoms with Gasteiger partial charge in [-0.2, -0.15) is 0 Å². The van der Waals surface area contributed by atoms with Crippen LogP contribution in [0.4, 0.5) is 0 Å². The molecule has 0 aromatic carbocycles. The average Bonchev–Trinajstić information content (AvgIpc) is 3.16. The van der Waals surface area contributed by atoms with Crippen LogP contribution in [-0.4, -0.2) is 92.8 Å². The minimum Gasteiger partial charge on any atom is -0.394 e. The van der Waals surface area contributed by atoms with E-state index in [0.29, 0.717) is 25.9 Å². The molecule has 1 aliphatic heterocycles. The second-order valence-electron chi connectivity index (χ2n) is 15.3. The number of aliphatic hydroxyl groups excluding tert-OH is 2. The summed E-state index contributed by atoms with van der Waals surface area (Å²) in [5, 5.41) is 26.5. The molecule has 1 aliphatic rings. The first kappa shape index (κ1) is 49.7. The van der Waals surface area contributed by atoms with Crippen LogP contribution in [0.15, 0.2) is 0 Å². The number of carbonyl (C=O) groups excluding carboxylic acids is 2. The summed E-state index contributed by atoms with van der Waals surface area (Å²) in [5.41, 5.74) is 0. The number of hydrogen-bond donors (Lipinski definition) is 4. The molecule has 10 heteroatoms. The molecule has 0 spiro atoms. The normalized spacial score (nSPS) is 20.1. The molecule has 1 fully saturated rings. The van der Waals surface area contributed by atoms with Gasteiger partial charge in [0.2, 0.25) is 11.8 Å². The van der Waals surface area contributed by atoms with Gasteiger partial charge in [0.1, 0.15) is 24.4 Å². The first-order chi connectivity index (χ1) is 26.0. The zero-order valence-corrected chi connectivity index (χ0v) is 34.6. The summed E-state index contributed by atoms with van der Waals surface area (Å²) in [6.07, 6.45) is 29.5. The van der Waals surface area contributed by atoms with E-state index < -0.39 is 37.3 Å². The quantitative estimate of drug-likeness (QED) is 0.0460. The Bertz CT molecular complexity index is 834. The van der Waals surface area contributed by atoms with Crippen LogP contribution in [0.2, 0.25) is 0 Å². The van der Waals surface area contributed by atoms with Crippen molar-refractivity contribution in [3.63, 3.8) is 0 Å². The lowest BCUT2D eigenvalue weighted by Crippen LogP contribution is -2.61. The van der Waals surface area contributed by atoms with Crippen LogP contribution in [0.3, 0.4) is 0 Å². The van der Waals surface area contributed by atoms with E-state index in [2.05, 4.69) is 24.5 Å². The molecule has 2 amide bonds. The van der Waals surface area contributed by atoms with E-state index in [0.717, 1.165) is 25.7 Å². The highest BCUT2D eigenvalue weighted by molar-refractivity contribution is 5.76. The zero-order chi connectivity index (χ0) is 38.6. The zero-order valence-electron chi connectivity index (χ0n) is 34.6. The van der Waals surface area contributed by atoms with Gasteiger partial charge >= 0.3 is 0 Å². The third-order valence-corrected chi connectivity index (χ3v) is 10.5. The Hall–Kier alpha value is -1.30. The van der Waals surface area contributed by atoms with Crippen molar-refractivity contribution in [2.45, 2.75) is 224 Å². The van der Waals surface area contributed by atoms with Crippen LogP contribution in [0.1, 0.15) is 194 Å². The minimum atomic E-state index is -1.15. The van der Waals surface area contributed by atoms with Gasteiger partial charge in [0.05, 0.1) is 19.8 Å². The van der Waals surface area contributed by atoms with Crippen molar-refractivity contribution in [2.75, 3.05) is 40.0 Å². The standard InChI is InChI=1S/C43H84N2O8/c1-4-6-8-10-12-14-16-18-20-22-24-26-28-30-38(47)44-32-34-51-41-40(49)37(36-46)53-43(50-3)42(41)52-35-33-45-39(48)31-29-27-25-23-21-19-17-15-13-11-9-7-5-2/h37,40-43,46,49H,4-36H2,1-3H3,(H,44,47)(H,45,48)/t37-,40-,41+,42-,43?/m1/s1. The largest absolute Gasteiger partial charge is 0.394 e. The number of nitrogens with one attached hydrogen (secondary N) is 2. The van der Waals surface area contributed by atoms with Crippen molar-refractivity contribution < 1.29 is 38.7 Å². The second kappa shape index (κ2) is 36.3. The first-order valence-electron chi connectivity index (χ1n) is 22.2. The van der Waals surface area contributed by atoms with Crippen molar-refractivity contribution >= 4 is 11.8 Å². The third-order valence-electron chi connectivity index (χ3n) is 10.5. The summed E-state index contributed by atoms with van der Waals surface area (Å²) in [6.45, 7) is 5.07. The number of rotatable bonds is 38. The Morgan fingerprint density at radius 1 is 0.547 bits per heavy atom. The van der Waals surface area contributed by atoms with Crippen molar-refractivity contribution in [3.05, 3.63) is 0 Å². The summed E-state index contributed by atoms with van der Waals surface area (Å²) in [5.74, 6) is -0.00266. The number of aliphatic hydroxyl groups is 2. The number of unbranched alkanes of at least 4 members (excludes halogenated alkanes) is 24. The smallest absolute Gasteiger partial charge is 0.220 e. The lowest BCUT2D eigenvalue weighted by atomic mass is 9.98. The van der Waals surface area contributed by atoms with Gasteiger partial charge in [-0.05, 0) is 12.8 Å². The Kier molecular flexibility index (Phi) is 34.1. The number of methoxy groups -OCH3 is 1. The molecular weight excluding hydrogens is 672 g/mol. The van der Waals surface area contributed by atoms with Crippen molar-refractivity contribution in [1.29, 1.82) is 0 Å². The summed E-state index contributed by atoms with van der Waals surface area (Å²) < 4.78 is 23.2. The maximum atomic E-state index is 12.4. The molecule has 53 heavy (non-hydrogen) atoms. The van der Waals surface area contributed by atoms with Crippen LogP contribution < -0.4 is 10.6 Å². The molecule has 1 heterocycles. The molecule has 1 unspecified atom stereocenters. The molecule has 1 rings (SSSR count). The number of ether oxygens (including phenoxy) is 4. The number of hydrogen-bond acceptors (Lipinski definition) is 8. The van der Waals surface area contributed by atoms with Gasteiger partial charge in [-0.15, -0.1) is 0 Å². The topological polar surface area (TPSA) is 136 Å². The summed E-state index contributed by atoms with van der Waals surface area (Å²) in [7, 11) is 1.47. The maximum absolute atomic E-state index is 12.4. The van der Waals surface area contributed by atoms with Crippen LogP contribution in [0.25, 0.3) is 0 Å². The third kappa shape index (κ3) is 27.0. The molecule has 10 nitrogen and oxygen atoms in total. The molecule has 314 valence electrons. The maximum Gasteiger partial charge on any atom is 0.220 e. The van der Waals surface area contributed by atoms with E-state index in [1.807, 2.05) is 0 Å². The van der Waals surface area contributed by atoms with Gasteiger partial charge < -0.3 is 39.8 Å². The van der Waals surface area contributed by atoms with E-state index in [9.17, 15) is 19.8 Å². The Morgan fingerprint density at radius 3 is 1.23 bits per heavy atom. The van der Waals surface area contributed by atoms with Crippen molar-refractivity contribution in [3.8, 4) is 0 Å². The molecule has 4 N–H and O–H groups in total. The Labute approximate surface area is 325 Å². The molecule has 0 aliphatic carbocycles. The summed E-state index contributed by atoms with van der Waals surface area (Å²) in [4.78, 5) is 24.8. The second-order valence-corrected chi connectivity index (χ2v) is 15.3. The van der Waals surface area contributed by atoms with E-state index >= 15 is 0 Å². The van der Waals surface area contributed by atoms with Gasteiger partial charge in [-0.3, -0.25) is 9.59 Å². The van der Waals surface area contributed by atoms with Crippen LogP contribution in [-0.2, 0) is 28.5 Å². The van der Waals surface area contributed by atoms with Crippen LogP contribution in [0, 0.1) is 0 Å². The fraction of sp³-hybridized carbons (Fsp3) is 0.953. The molecule has 0 radical (unpaired) electrons. The fourth-order valence-corrected chi connectivity index (χ4v) is 7.15. The highest BCUT2D eigenvalue weighted by Gasteiger charge is 2.46. The molecule has 0 bridgehead atoms. The predicted molar refractivity (Wildman–Crippen MR) is 215 cm³/mol. The molecule has 0 saturated carbocycles. The molecule has 1 saturated heterocycles. The van der Waals surface area contributed by atoms with Crippen molar-refractivity contribution in [1.82, 2.24) is 10.6 Å². The fourth-order valence-electron chi connectivity index (χ4n) is 7.15. The average molecular weight is 757 g/mol. The number of carbonyl (C=O) groups is 2. The SMILES string of the molecule is CCCCCCCCCCCCCCCC(=O)NCCO[C@H]1[C@H](O)[C@@H](CO)OC(OC)[C@@H]1OCCNC(=O)CCCCCCCCCCCCCCC. The van der Waals surface area contributed by atoms with E-state index in [1.165, 1.54) is 148 Å². The Morgan fingerprint density at radius 2 is 0.887 bits per heavy atom. The van der Waals surface area contributed by atoms with Gasteiger partial charge in [0.25, 0.3) is 0 Å². The van der Waals surface area contributed by atoms with Crippen LogP contribution in [0.5, 0.6) is 0 Å². The highest BCUT2D eigenvalue weighted by Crippen LogP contribution is 2.26. The monoisotopic (exact) mass is 757 g/mol. The Balaban J connectivity index is 2.20. The molecule has 0 aromatic heterocycles. The molecule has 0 aromatic rings. The summed E-state index contributed by atoms with van der Waals surface area (Å²) in [6, 6.07) is 0. The van der Waals surface area contributed by atoms with E-state index in [1.54, 1.807) is 0 Å². The lowest BCUT2D eigenvalue weighted by Gasteiger charge is -2.43. The van der Waals surface area contributed by atoms with E-state index in [4.69, 9.17) is 18.9 Å². The lowest BCUT2D eigenvalue weighted by molar-refractivity contribution is -0.309.